The number of aromatic amines is 1. The van der Waals surface area contributed by atoms with Crippen molar-refractivity contribution >= 4 is 18.0 Å². The van der Waals surface area contributed by atoms with Crippen LogP contribution in [0.4, 0.5) is 5.88 Å². The van der Waals surface area contributed by atoms with Crippen LogP contribution < -0.4 is 5.43 Å². The molecule has 0 saturated carbocycles. The molecule has 2 aromatic rings. The summed E-state index contributed by atoms with van der Waals surface area (Å²) < 4.78 is 4.85. The van der Waals surface area contributed by atoms with Crippen molar-refractivity contribution in [3.63, 3.8) is 0 Å². The molecule has 0 aliphatic rings. The molecule has 0 aliphatic heterocycles. The Labute approximate surface area is 113 Å². The number of aromatic nitrogens is 1. The van der Waals surface area contributed by atoms with Gasteiger partial charge in [-0.2, -0.15) is 5.10 Å². The van der Waals surface area contributed by atoms with Crippen LogP contribution in [0.2, 0.25) is 0 Å². The number of carbonyl (C=O) groups excluding carboxylic acids is 1. The number of nitrogens with one attached hydrogen (secondary N) is 2. The molecule has 2 heterocycles. The second-order valence-electron chi connectivity index (χ2n) is 4.14. The molecular weight excluding hydrogens is 264 g/mol. The summed E-state index contributed by atoms with van der Waals surface area (Å²) >= 11 is 0. The van der Waals surface area contributed by atoms with Gasteiger partial charge in [0.1, 0.15) is 10.6 Å². The molecule has 0 bridgehead atoms. The van der Waals surface area contributed by atoms with Gasteiger partial charge in [-0.05, 0) is 31.5 Å². The number of nitrogens with zero attached hydrogens (tertiary/aromatic N) is 2. The third kappa shape index (κ3) is 2.91. The molecule has 0 spiro atoms. The lowest BCUT2D eigenvalue weighted by Crippen LogP contribution is -2.18. The molecule has 8 heteroatoms. The van der Waals surface area contributed by atoms with E-state index < -0.39 is 10.8 Å². The van der Waals surface area contributed by atoms with Crippen molar-refractivity contribution in [2.75, 3.05) is 0 Å². The summed E-state index contributed by atoms with van der Waals surface area (Å²) in [6.45, 7) is 3.65. The molecule has 0 aliphatic carbocycles. The predicted octanol–water partition coefficient (Wildman–Crippen LogP) is 1.90. The lowest BCUT2D eigenvalue weighted by atomic mass is 10.2. The molecule has 0 fully saturated rings. The highest BCUT2D eigenvalue weighted by Gasteiger charge is 2.12. The van der Waals surface area contributed by atoms with Crippen molar-refractivity contribution in [2.24, 2.45) is 5.10 Å². The largest absolute Gasteiger partial charge is 0.433 e. The Morgan fingerprint density at radius 1 is 1.50 bits per heavy atom. The Morgan fingerprint density at radius 3 is 2.80 bits per heavy atom. The molecule has 2 N–H and O–H groups in total. The van der Waals surface area contributed by atoms with E-state index in [2.05, 4.69) is 15.5 Å². The van der Waals surface area contributed by atoms with Crippen LogP contribution in [0.25, 0.3) is 0 Å². The summed E-state index contributed by atoms with van der Waals surface area (Å²) in [6.07, 6.45) is 1.19. The van der Waals surface area contributed by atoms with E-state index in [1.807, 2.05) is 13.0 Å². The molecule has 104 valence electrons. The average molecular weight is 276 g/mol. The van der Waals surface area contributed by atoms with Gasteiger partial charge < -0.3 is 9.40 Å². The lowest BCUT2D eigenvalue weighted by Gasteiger charge is -1.97. The summed E-state index contributed by atoms with van der Waals surface area (Å²) in [4.78, 5) is 24.5. The third-order valence-electron chi connectivity index (χ3n) is 2.53. The number of nitro groups is 1. The molecule has 0 aromatic carbocycles. The zero-order valence-corrected chi connectivity index (χ0v) is 10.8. The van der Waals surface area contributed by atoms with Crippen molar-refractivity contribution in [1.29, 1.82) is 0 Å². The molecule has 2 aromatic heterocycles. The minimum absolute atomic E-state index is 0.177. The number of rotatable bonds is 4. The van der Waals surface area contributed by atoms with Crippen LogP contribution in [0, 0.1) is 24.0 Å². The first kappa shape index (κ1) is 13.5. The van der Waals surface area contributed by atoms with Gasteiger partial charge in [-0.15, -0.1) is 0 Å². The van der Waals surface area contributed by atoms with E-state index in [9.17, 15) is 14.9 Å². The first-order chi connectivity index (χ1) is 9.47. The monoisotopic (exact) mass is 276 g/mol. The minimum Gasteiger partial charge on any atom is -0.400 e. The number of hydrogen-bond donors (Lipinski definition) is 2. The minimum atomic E-state index is -0.652. The number of furan rings is 1. The van der Waals surface area contributed by atoms with Gasteiger partial charge in [0.05, 0.1) is 12.3 Å². The zero-order chi connectivity index (χ0) is 14.7. The maximum Gasteiger partial charge on any atom is 0.433 e. The summed E-state index contributed by atoms with van der Waals surface area (Å²) in [5.74, 6) is -0.599. The van der Waals surface area contributed by atoms with E-state index in [0.717, 1.165) is 11.3 Å². The van der Waals surface area contributed by atoms with Gasteiger partial charge in [-0.25, -0.2) is 5.43 Å². The zero-order valence-electron chi connectivity index (χ0n) is 10.8. The molecule has 0 radical (unpaired) electrons. The smallest absolute Gasteiger partial charge is 0.400 e. The fourth-order valence-corrected chi connectivity index (χ4v) is 1.68. The Hall–Kier alpha value is -2.90. The van der Waals surface area contributed by atoms with Crippen LogP contribution in [0.1, 0.15) is 27.5 Å². The number of amides is 1. The van der Waals surface area contributed by atoms with Gasteiger partial charge >= 0.3 is 5.88 Å². The standard InChI is InChI=1S/C12H12N4O4/c1-7-5-8(2)14-11(7)12(17)15-13-6-9-3-4-10(20-9)16(18)19/h3-6,14H,1-2H3,(H,15,17)/b13-6+. The van der Waals surface area contributed by atoms with Crippen molar-refractivity contribution in [1.82, 2.24) is 10.4 Å². The van der Waals surface area contributed by atoms with Crippen LogP contribution in [-0.2, 0) is 0 Å². The number of aryl methyl sites for hydroxylation is 2. The topological polar surface area (TPSA) is 114 Å². The summed E-state index contributed by atoms with van der Waals surface area (Å²) in [7, 11) is 0. The second kappa shape index (κ2) is 5.39. The van der Waals surface area contributed by atoms with Crippen LogP contribution in [-0.4, -0.2) is 22.0 Å². The first-order valence-electron chi connectivity index (χ1n) is 5.71. The van der Waals surface area contributed by atoms with Crippen molar-refractivity contribution in [2.45, 2.75) is 13.8 Å². The third-order valence-corrected chi connectivity index (χ3v) is 2.53. The molecule has 0 saturated heterocycles. The molecular formula is C12H12N4O4. The van der Waals surface area contributed by atoms with E-state index in [1.165, 1.54) is 18.3 Å². The predicted molar refractivity (Wildman–Crippen MR) is 70.7 cm³/mol. The van der Waals surface area contributed by atoms with Gasteiger partial charge in [-0.3, -0.25) is 14.9 Å². The Morgan fingerprint density at radius 2 is 2.25 bits per heavy atom. The van der Waals surface area contributed by atoms with Crippen molar-refractivity contribution in [3.05, 3.63) is 51.0 Å². The van der Waals surface area contributed by atoms with Gasteiger partial charge in [0.25, 0.3) is 5.91 Å². The quantitative estimate of drug-likeness (QED) is 0.504. The van der Waals surface area contributed by atoms with E-state index >= 15 is 0 Å². The highest BCUT2D eigenvalue weighted by atomic mass is 16.6. The SMILES string of the molecule is Cc1cc(C)c(C(=O)N/N=C/c2ccc([N+](=O)[O-])o2)[nH]1. The molecule has 2 rings (SSSR count). The van der Waals surface area contributed by atoms with Gasteiger partial charge in [0, 0.05) is 5.69 Å². The fourth-order valence-electron chi connectivity index (χ4n) is 1.68. The summed E-state index contributed by atoms with van der Waals surface area (Å²) in [5.41, 5.74) is 4.41. The van der Waals surface area contributed by atoms with Crippen LogP contribution in [0.3, 0.4) is 0 Å². The maximum atomic E-state index is 11.8. The van der Waals surface area contributed by atoms with Gasteiger partial charge in [0.2, 0.25) is 0 Å². The molecule has 0 unspecified atom stereocenters. The molecule has 20 heavy (non-hydrogen) atoms. The molecule has 0 atom stereocenters. The first-order valence-corrected chi connectivity index (χ1v) is 5.71. The maximum absolute atomic E-state index is 11.8. The fraction of sp³-hybridized carbons (Fsp3) is 0.167. The highest BCUT2D eigenvalue weighted by Crippen LogP contribution is 2.13. The van der Waals surface area contributed by atoms with Crippen LogP contribution in [0.15, 0.2) is 27.7 Å². The lowest BCUT2D eigenvalue weighted by molar-refractivity contribution is -0.402. The highest BCUT2D eigenvalue weighted by molar-refractivity contribution is 5.94. The molecule has 1 amide bonds. The van der Waals surface area contributed by atoms with Crippen molar-refractivity contribution < 1.29 is 14.1 Å². The van der Waals surface area contributed by atoms with Gasteiger partial charge in [0.15, 0.2) is 5.76 Å². The average Bonchev–Trinajstić information content (AvgIpc) is 2.96. The van der Waals surface area contributed by atoms with E-state index in [1.54, 1.807) is 6.92 Å². The second-order valence-corrected chi connectivity index (χ2v) is 4.14. The summed E-state index contributed by atoms with van der Waals surface area (Å²) in [6, 6.07) is 4.44. The van der Waals surface area contributed by atoms with E-state index in [0.29, 0.717) is 5.69 Å². The number of hydrazone groups is 1. The molecule has 8 nitrogen and oxygen atoms in total. The van der Waals surface area contributed by atoms with Gasteiger partial charge in [-0.1, -0.05) is 0 Å². The normalized spacial score (nSPS) is 10.9. The van der Waals surface area contributed by atoms with E-state index in [-0.39, 0.29) is 11.6 Å². The summed E-state index contributed by atoms with van der Waals surface area (Å²) in [5, 5.41) is 14.1. The Balaban J connectivity index is 2.00. The number of H-pyrrole nitrogens is 1. The number of carbonyl (C=O) groups is 1. The Bertz CT molecular complexity index is 683. The van der Waals surface area contributed by atoms with Crippen LogP contribution in [0.5, 0.6) is 0 Å². The van der Waals surface area contributed by atoms with E-state index in [4.69, 9.17) is 4.42 Å². The van der Waals surface area contributed by atoms with Crippen LogP contribution >= 0.6 is 0 Å². The Kier molecular flexibility index (Phi) is 3.65. The van der Waals surface area contributed by atoms with Crippen molar-refractivity contribution in [3.8, 4) is 0 Å². The number of hydrogen-bond acceptors (Lipinski definition) is 5.